The molecular formula is C18H22F2N4. The Balaban J connectivity index is 1.45. The predicted octanol–water partition coefficient (Wildman–Crippen LogP) is 3.02. The lowest BCUT2D eigenvalue weighted by atomic mass is 10.1. The fourth-order valence-corrected chi connectivity index (χ4v) is 3.63. The number of anilines is 1. The normalized spacial score (nSPS) is 22.1. The third-order valence-electron chi connectivity index (χ3n) is 5.08. The molecule has 4 nitrogen and oxygen atoms in total. The van der Waals surface area contributed by atoms with Crippen molar-refractivity contribution in [2.45, 2.75) is 31.3 Å². The fourth-order valence-electron chi connectivity index (χ4n) is 3.63. The number of benzene rings is 1. The van der Waals surface area contributed by atoms with E-state index in [1.807, 2.05) is 24.3 Å². The van der Waals surface area contributed by atoms with E-state index in [0.717, 1.165) is 31.4 Å². The average molecular weight is 332 g/mol. The number of imidazole rings is 1. The molecule has 1 aliphatic carbocycles. The van der Waals surface area contributed by atoms with Gasteiger partial charge in [-0.3, -0.25) is 0 Å². The van der Waals surface area contributed by atoms with Gasteiger partial charge in [-0.15, -0.1) is 0 Å². The first kappa shape index (κ1) is 15.6. The maximum absolute atomic E-state index is 14.0. The van der Waals surface area contributed by atoms with Crippen LogP contribution in [-0.4, -0.2) is 28.7 Å². The number of aromatic nitrogens is 2. The highest BCUT2D eigenvalue weighted by molar-refractivity contribution is 5.49. The average Bonchev–Trinajstić information content (AvgIpc) is 3.14. The summed E-state index contributed by atoms with van der Waals surface area (Å²) < 4.78 is 29.2. The fraction of sp³-hybridized carbons (Fsp3) is 0.500. The van der Waals surface area contributed by atoms with E-state index in [9.17, 15) is 8.78 Å². The summed E-state index contributed by atoms with van der Waals surface area (Å²) >= 11 is 0. The van der Waals surface area contributed by atoms with Crippen molar-refractivity contribution < 1.29 is 8.78 Å². The molecule has 0 amide bonds. The lowest BCUT2D eigenvalue weighted by Crippen LogP contribution is -2.37. The number of halogens is 2. The van der Waals surface area contributed by atoms with Crippen LogP contribution in [0, 0.1) is 17.6 Å². The van der Waals surface area contributed by atoms with Gasteiger partial charge in [0.15, 0.2) is 0 Å². The van der Waals surface area contributed by atoms with E-state index >= 15 is 0 Å². The van der Waals surface area contributed by atoms with E-state index in [1.54, 1.807) is 0 Å². The van der Waals surface area contributed by atoms with Crippen molar-refractivity contribution in [3.8, 4) is 0 Å². The molecule has 0 bridgehead atoms. The zero-order valence-electron chi connectivity index (χ0n) is 13.8. The van der Waals surface area contributed by atoms with Gasteiger partial charge in [0, 0.05) is 44.6 Å². The molecule has 1 saturated carbocycles. The van der Waals surface area contributed by atoms with E-state index in [0.29, 0.717) is 11.6 Å². The van der Waals surface area contributed by atoms with Crippen molar-refractivity contribution in [2.75, 3.05) is 18.0 Å². The van der Waals surface area contributed by atoms with Crippen LogP contribution in [0.1, 0.15) is 31.1 Å². The van der Waals surface area contributed by atoms with Crippen molar-refractivity contribution in [1.82, 2.24) is 14.9 Å². The molecule has 1 aromatic heterocycles. The molecule has 2 atom stereocenters. The maximum atomic E-state index is 14.0. The Bertz CT molecular complexity index is 726. The van der Waals surface area contributed by atoms with Crippen molar-refractivity contribution in [3.05, 3.63) is 48.1 Å². The molecule has 0 radical (unpaired) electrons. The first-order chi connectivity index (χ1) is 11.6. The highest BCUT2D eigenvalue weighted by Gasteiger charge is 2.37. The molecule has 24 heavy (non-hydrogen) atoms. The van der Waals surface area contributed by atoms with Crippen molar-refractivity contribution in [3.63, 3.8) is 0 Å². The van der Waals surface area contributed by atoms with E-state index in [2.05, 4.69) is 14.9 Å². The zero-order valence-corrected chi connectivity index (χ0v) is 13.8. The molecule has 0 spiro atoms. The Morgan fingerprint density at radius 1 is 1.25 bits per heavy atom. The SMILES string of the molecule is Cn1ccnc1[C@@H](N[C@H]1CCN(c2ccc(F)cc2F)C1)C1CC1. The molecule has 2 fully saturated rings. The minimum absolute atomic E-state index is 0.257. The molecule has 1 N–H and O–H groups in total. The number of aryl methyl sites for hydroxylation is 1. The van der Waals surface area contributed by atoms with Gasteiger partial charge in [0.2, 0.25) is 0 Å². The summed E-state index contributed by atoms with van der Waals surface area (Å²) in [6.07, 6.45) is 7.22. The molecule has 2 heterocycles. The monoisotopic (exact) mass is 332 g/mol. The quantitative estimate of drug-likeness (QED) is 0.914. The van der Waals surface area contributed by atoms with E-state index in [4.69, 9.17) is 0 Å². The minimum atomic E-state index is -0.534. The molecule has 2 aliphatic rings. The van der Waals surface area contributed by atoms with Crippen LogP contribution < -0.4 is 10.2 Å². The van der Waals surface area contributed by atoms with Gasteiger partial charge < -0.3 is 14.8 Å². The van der Waals surface area contributed by atoms with Crippen molar-refractivity contribution in [2.24, 2.45) is 13.0 Å². The van der Waals surface area contributed by atoms with Crippen LogP contribution in [0.15, 0.2) is 30.6 Å². The van der Waals surface area contributed by atoms with E-state index < -0.39 is 11.6 Å². The zero-order chi connectivity index (χ0) is 16.7. The Hall–Kier alpha value is -1.95. The summed E-state index contributed by atoms with van der Waals surface area (Å²) in [5, 5.41) is 3.73. The van der Waals surface area contributed by atoms with Gasteiger partial charge in [0.25, 0.3) is 0 Å². The van der Waals surface area contributed by atoms with Gasteiger partial charge in [0.1, 0.15) is 17.5 Å². The van der Waals surface area contributed by atoms with Crippen LogP contribution in [0.3, 0.4) is 0 Å². The second-order valence-electron chi connectivity index (χ2n) is 6.91. The van der Waals surface area contributed by atoms with Crippen LogP contribution in [0.4, 0.5) is 14.5 Å². The second-order valence-corrected chi connectivity index (χ2v) is 6.91. The molecular weight excluding hydrogens is 310 g/mol. The van der Waals surface area contributed by atoms with Crippen molar-refractivity contribution >= 4 is 5.69 Å². The summed E-state index contributed by atoms with van der Waals surface area (Å²) in [4.78, 5) is 6.50. The Morgan fingerprint density at radius 2 is 2.08 bits per heavy atom. The molecule has 1 saturated heterocycles. The van der Waals surface area contributed by atoms with Crippen LogP contribution >= 0.6 is 0 Å². The van der Waals surface area contributed by atoms with Gasteiger partial charge in [-0.2, -0.15) is 0 Å². The number of nitrogens with one attached hydrogen (secondary N) is 1. The predicted molar refractivity (Wildman–Crippen MR) is 88.8 cm³/mol. The van der Waals surface area contributed by atoms with Crippen LogP contribution in [-0.2, 0) is 7.05 Å². The van der Waals surface area contributed by atoms with E-state index in [-0.39, 0.29) is 12.1 Å². The van der Waals surface area contributed by atoms with E-state index in [1.165, 1.54) is 25.0 Å². The Labute approximate surface area is 140 Å². The van der Waals surface area contributed by atoms with Gasteiger partial charge in [-0.05, 0) is 37.3 Å². The van der Waals surface area contributed by atoms with Crippen LogP contribution in [0.2, 0.25) is 0 Å². The first-order valence-electron chi connectivity index (χ1n) is 8.55. The number of hydrogen-bond acceptors (Lipinski definition) is 3. The molecule has 1 aromatic carbocycles. The second kappa shape index (κ2) is 6.16. The maximum Gasteiger partial charge on any atom is 0.149 e. The molecule has 2 aromatic rings. The highest BCUT2D eigenvalue weighted by Crippen LogP contribution is 2.41. The third kappa shape index (κ3) is 3.02. The third-order valence-corrected chi connectivity index (χ3v) is 5.08. The molecule has 4 rings (SSSR count). The summed E-state index contributed by atoms with van der Waals surface area (Å²) in [5.74, 6) is 0.693. The standard InChI is InChI=1S/C18H22F2N4/c1-23-9-7-21-18(23)17(12-2-3-12)22-14-6-8-24(11-14)16-5-4-13(19)10-15(16)20/h4-5,7,9-10,12,14,17,22H,2-3,6,8,11H2,1H3/t14-,17-/m0/s1. The van der Waals surface area contributed by atoms with Crippen LogP contribution in [0.5, 0.6) is 0 Å². The topological polar surface area (TPSA) is 33.1 Å². The number of rotatable bonds is 5. The van der Waals surface area contributed by atoms with Gasteiger partial charge in [-0.1, -0.05) is 0 Å². The Morgan fingerprint density at radius 3 is 2.75 bits per heavy atom. The summed E-state index contributed by atoms with van der Waals surface area (Å²) in [6, 6.07) is 4.35. The molecule has 0 unspecified atom stereocenters. The lowest BCUT2D eigenvalue weighted by Gasteiger charge is -2.24. The molecule has 1 aliphatic heterocycles. The first-order valence-corrected chi connectivity index (χ1v) is 8.55. The largest absolute Gasteiger partial charge is 0.368 e. The smallest absolute Gasteiger partial charge is 0.149 e. The number of nitrogens with zero attached hydrogens (tertiary/aromatic N) is 3. The van der Waals surface area contributed by atoms with Gasteiger partial charge >= 0.3 is 0 Å². The highest BCUT2D eigenvalue weighted by atomic mass is 19.1. The number of hydrogen-bond donors (Lipinski definition) is 1. The van der Waals surface area contributed by atoms with Gasteiger partial charge in [-0.25, -0.2) is 13.8 Å². The molecule has 6 heteroatoms. The lowest BCUT2D eigenvalue weighted by molar-refractivity contribution is 0.396. The Kier molecular flexibility index (Phi) is 4.00. The summed E-state index contributed by atoms with van der Waals surface area (Å²) in [5.41, 5.74) is 0.487. The van der Waals surface area contributed by atoms with Crippen molar-refractivity contribution in [1.29, 1.82) is 0 Å². The minimum Gasteiger partial charge on any atom is -0.368 e. The molecule has 128 valence electrons. The summed E-state index contributed by atoms with van der Waals surface area (Å²) in [6.45, 7) is 1.51. The van der Waals surface area contributed by atoms with Gasteiger partial charge in [0.05, 0.1) is 11.7 Å². The summed E-state index contributed by atoms with van der Waals surface area (Å²) in [7, 11) is 2.02. The van der Waals surface area contributed by atoms with Crippen LogP contribution in [0.25, 0.3) is 0 Å².